The first-order valence-corrected chi connectivity index (χ1v) is 10.1. The average molecular weight is 412 g/mol. The lowest BCUT2D eigenvalue weighted by Crippen LogP contribution is -2.28. The highest BCUT2D eigenvalue weighted by Crippen LogP contribution is 2.31. The summed E-state index contributed by atoms with van der Waals surface area (Å²) < 4.78 is 10.8. The van der Waals surface area contributed by atoms with E-state index in [1.807, 2.05) is 36.2 Å². The van der Waals surface area contributed by atoms with Crippen LogP contribution >= 0.6 is 0 Å². The summed E-state index contributed by atoms with van der Waals surface area (Å²) >= 11 is 0. The Balaban J connectivity index is 1.54. The van der Waals surface area contributed by atoms with E-state index < -0.39 is 0 Å². The molecule has 2 aromatic rings. The Labute approximate surface area is 177 Å². The molecule has 2 N–H and O–H groups in total. The first kappa shape index (κ1) is 21.6. The van der Waals surface area contributed by atoms with Crippen LogP contribution in [0.3, 0.4) is 0 Å². The summed E-state index contributed by atoms with van der Waals surface area (Å²) in [7, 11) is 5.17. The summed E-state index contributed by atoms with van der Waals surface area (Å²) in [5, 5.41) is 5.83. The fraction of sp³-hybridized carbons (Fsp3) is 0.391. The fourth-order valence-corrected chi connectivity index (χ4v) is 3.23. The molecule has 0 saturated heterocycles. The number of benzene rings is 2. The van der Waals surface area contributed by atoms with E-state index in [4.69, 9.17) is 9.47 Å². The van der Waals surface area contributed by atoms with Gasteiger partial charge in [-0.15, -0.1) is 0 Å². The molecule has 0 bridgehead atoms. The summed E-state index contributed by atoms with van der Waals surface area (Å²) in [6.45, 7) is 1.18. The second kappa shape index (κ2) is 10.1. The topological polar surface area (TPSA) is 79.9 Å². The van der Waals surface area contributed by atoms with E-state index in [2.05, 4.69) is 10.6 Å². The molecule has 0 atom stereocenters. The van der Waals surface area contributed by atoms with Crippen molar-refractivity contribution in [1.29, 1.82) is 0 Å². The third kappa shape index (κ3) is 5.73. The van der Waals surface area contributed by atoms with E-state index in [9.17, 15) is 9.59 Å². The Morgan fingerprint density at radius 1 is 1.07 bits per heavy atom. The molecule has 30 heavy (non-hydrogen) atoms. The highest BCUT2D eigenvalue weighted by atomic mass is 16.5. The molecule has 1 fully saturated rings. The van der Waals surface area contributed by atoms with Crippen molar-refractivity contribution in [3.8, 4) is 11.5 Å². The van der Waals surface area contributed by atoms with Gasteiger partial charge in [0.2, 0.25) is 5.91 Å². The van der Waals surface area contributed by atoms with Gasteiger partial charge in [-0.1, -0.05) is 24.3 Å². The molecule has 2 aromatic carbocycles. The quantitative estimate of drug-likeness (QED) is 0.628. The molecule has 0 radical (unpaired) electrons. The number of carbonyl (C=O) groups excluding carboxylic acids is 2. The summed E-state index contributed by atoms with van der Waals surface area (Å²) in [5.74, 6) is 1.11. The van der Waals surface area contributed by atoms with Crippen LogP contribution in [0, 0.1) is 0 Å². The van der Waals surface area contributed by atoms with Gasteiger partial charge in [0.05, 0.1) is 25.5 Å². The molecule has 0 aromatic heterocycles. The van der Waals surface area contributed by atoms with Crippen molar-refractivity contribution >= 4 is 17.5 Å². The monoisotopic (exact) mass is 411 g/mol. The van der Waals surface area contributed by atoms with Crippen molar-refractivity contribution in [2.75, 3.05) is 33.1 Å². The second-order valence-electron chi connectivity index (χ2n) is 7.48. The summed E-state index contributed by atoms with van der Waals surface area (Å²) in [5.41, 5.74) is 2.02. The van der Waals surface area contributed by atoms with Crippen molar-refractivity contribution in [2.24, 2.45) is 0 Å². The zero-order valence-corrected chi connectivity index (χ0v) is 17.7. The van der Waals surface area contributed by atoms with E-state index in [1.54, 1.807) is 32.4 Å². The first-order chi connectivity index (χ1) is 14.5. The maximum Gasteiger partial charge on any atom is 0.253 e. The van der Waals surface area contributed by atoms with E-state index in [1.165, 1.54) is 0 Å². The van der Waals surface area contributed by atoms with Gasteiger partial charge in [-0.3, -0.25) is 9.59 Å². The van der Waals surface area contributed by atoms with E-state index in [0.717, 1.165) is 18.4 Å². The van der Waals surface area contributed by atoms with Crippen LogP contribution in [0.5, 0.6) is 11.5 Å². The van der Waals surface area contributed by atoms with Gasteiger partial charge < -0.3 is 25.0 Å². The molecule has 2 amide bonds. The molecule has 1 aliphatic rings. The highest BCUT2D eigenvalue weighted by molar-refractivity contribution is 6.03. The molecule has 0 heterocycles. The smallest absolute Gasteiger partial charge is 0.253 e. The third-order valence-corrected chi connectivity index (χ3v) is 5.00. The number of rotatable bonds is 10. The lowest BCUT2D eigenvalue weighted by atomic mass is 10.1. The van der Waals surface area contributed by atoms with Crippen molar-refractivity contribution in [3.63, 3.8) is 0 Å². The van der Waals surface area contributed by atoms with Crippen LogP contribution in [-0.2, 0) is 11.3 Å². The van der Waals surface area contributed by atoms with E-state index in [-0.39, 0.29) is 17.9 Å². The number of nitrogens with one attached hydrogen (secondary N) is 2. The maximum atomic E-state index is 12.5. The number of ether oxygens (including phenoxy) is 2. The van der Waals surface area contributed by atoms with E-state index >= 15 is 0 Å². The Morgan fingerprint density at radius 2 is 1.83 bits per heavy atom. The number of nitrogens with zero attached hydrogens (tertiary/aromatic N) is 1. The third-order valence-electron chi connectivity index (χ3n) is 5.00. The van der Waals surface area contributed by atoms with Gasteiger partial charge in [0, 0.05) is 31.1 Å². The van der Waals surface area contributed by atoms with Gasteiger partial charge in [-0.05, 0) is 38.1 Å². The van der Waals surface area contributed by atoms with Crippen molar-refractivity contribution in [1.82, 2.24) is 10.2 Å². The zero-order chi connectivity index (χ0) is 21.5. The minimum Gasteiger partial charge on any atom is -0.493 e. The Bertz CT molecular complexity index is 896. The fourth-order valence-electron chi connectivity index (χ4n) is 3.23. The Hall–Kier alpha value is -3.06. The Morgan fingerprint density at radius 3 is 2.53 bits per heavy atom. The second-order valence-corrected chi connectivity index (χ2v) is 7.48. The van der Waals surface area contributed by atoms with Gasteiger partial charge in [0.1, 0.15) is 0 Å². The normalized spacial score (nSPS) is 13.1. The molecule has 0 aliphatic heterocycles. The molecule has 1 aliphatic carbocycles. The average Bonchev–Trinajstić information content (AvgIpc) is 3.56. The van der Waals surface area contributed by atoms with Gasteiger partial charge >= 0.3 is 0 Å². The minimum absolute atomic E-state index is 0.133. The van der Waals surface area contributed by atoms with Crippen LogP contribution in [0.25, 0.3) is 0 Å². The summed E-state index contributed by atoms with van der Waals surface area (Å²) in [4.78, 5) is 26.9. The summed E-state index contributed by atoms with van der Waals surface area (Å²) in [6.07, 6.45) is 2.34. The van der Waals surface area contributed by atoms with Gasteiger partial charge in [-0.25, -0.2) is 0 Å². The molecule has 7 heteroatoms. The van der Waals surface area contributed by atoms with E-state index in [0.29, 0.717) is 42.3 Å². The number of hydrogen-bond donors (Lipinski definition) is 2. The van der Waals surface area contributed by atoms with Crippen molar-refractivity contribution in [3.05, 3.63) is 53.6 Å². The molecule has 0 spiro atoms. The predicted molar refractivity (Wildman–Crippen MR) is 116 cm³/mol. The number of amides is 2. The predicted octanol–water partition coefficient (Wildman–Crippen LogP) is 3.06. The molecule has 1 saturated carbocycles. The molecule has 160 valence electrons. The molecular formula is C23H29N3O4. The van der Waals surface area contributed by atoms with Gasteiger partial charge in [-0.2, -0.15) is 0 Å². The van der Waals surface area contributed by atoms with Crippen molar-refractivity contribution in [2.45, 2.75) is 31.8 Å². The molecule has 3 rings (SSSR count). The minimum atomic E-state index is -0.143. The lowest BCUT2D eigenvalue weighted by molar-refractivity contribution is -0.116. The number of carbonyl (C=O) groups is 2. The molecule has 7 nitrogen and oxygen atoms in total. The number of para-hydroxylation sites is 2. The summed E-state index contributed by atoms with van der Waals surface area (Å²) in [6, 6.07) is 13.1. The van der Waals surface area contributed by atoms with Crippen LogP contribution in [0.2, 0.25) is 0 Å². The number of anilines is 1. The SMILES string of the molecule is COc1cccc(CN(C)CCC(=O)Nc2ccccc2C(=O)NC2CC2)c1OC. The molecule has 0 unspecified atom stereocenters. The highest BCUT2D eigenvalue weighted by Gasteiger charge is 2.25. The number of hydrogen-bond acceptors (Lipinski definition) is 5. The van der Waals surface area contributed by atoms with Crippen LogP contribution in [-0.4, -0.2) is 50.6 Å². The Kier molecular flexibility index (Phi) is 7.30. The van der Waals surface area contributed by atoms with Crippen LogP contribution < -0.4 is 20.1 Å². The maximum absolute atomic E-state index is 12.5. The zero-order valence-electron chi connectivity index (χ0n) is 17.7. The van der Waals surface area contributed by atoms with Crippen LogP contribution in [0.15, 0.2) is 42.5 Å². The van der Waals surface area contributed by atoms with Gasteiger partial charge in [0.25, 0.3) is 5.91 Å². The largest absolute Gasteiger partial charge is 0.493 e. The van der Waals surface area contributed by atoms with Crippen LogP contribution in [0.1, 0.15) is 35.2 Å². The van der Waals surface area contributed by atoms with Crippen LogP contribution in [0.4, 0.5) is 5.69 Å². The van der Waals surface area contributed by atoms with Crippen molar-refractivity contribution < 1.29 is 19.1 Å². The first-order valence-electron chi connectivity index (χ1n) is 10.1. The standard InChI is InChI=1S/C23H29N3O4/c1-26(15-16-7-6-10-20(29-2)22(16)30-3)14-13-21(27)25-19-9-5-4-8-18(19)23(28)24-17-11-12-17/h4-10,17H,11-15H2,1-3H3,(H,24,28)(H,25,27). The molecular weight excluding hydrogens is 382 g/mol. The number of methoxy groups -OCH3 is 2. The lowest BCUT2D eigenvalue weighted by Gasteiger charge is -2.19. The van der Waals surface area contributed by atoms with Gasteiger partial charge in [0.15, 0.2) is 11.5 Å².